The lowest BCUT2D eigenvalue weighted by molar-refractivity contribution is -0.274. The van der Waals surface area contributed by atoms with E-state index in [1.807, 2.05) is 35.0 Å². The van der Waals surface area contributed by atoms with Crippen LogP contribution in [0.25, 0.3) is 10.9 Å². The number of carbonyl (C=O) groups is 1. The molecule has 0 bridgehead atoms. The molecule has 0 N–H and O–H groups in total. The zero-order chi connectivity index (χ0) is 27.8. The molecule has 0 unspecified atom stereocenters. The van der Waals surface area contributed by atoms with Gasteiger partial charge >= 0.3 is 12.5 Å². The van der Waals surface area contributed by atoms with Crippen LogP contribution in [0.15, 0.2) is 79.0 Å². The summed E-state index contributed by atoms with van der Waals surface area (Å²) in [6.07, 6.45) is -6.06. The van der Waals surface area contributed by atoms with Crippen LogP contribution in [0.2, 0.25) is 0 Å². The van der Waals surface area contributed by atoms with E-state index in [4.69, 9.17) is 0 Å². The van der Waals surface area contributed by atoms with E-state index < -0.39 is 29.8 Å². The van der Waals surface area contributed by atoms with Crippen molar-refractivity contribution in [2.24, 2.45) is 0 Å². The van der Waals surface area contributed by atoms with Gasteiger partial charge < -0.3 is 14.2 Å². The van der Waals surface area contributed by atoms with E-state index in [1.165, 1.54) is 35.2 Å². The summed E-state index contributed by atoms with van der Waals surface area (Å²) in [6.45, 7) is 1.12. The Hall–Kier alpha value is -3.95. The van der Waals surface area contributed by atoms with Crippen molar-refractivity contribution in [3.63, 3.8) is 0 Å². The van der Waals surface area contributed by atoms with Crippen LogP contribution in [-0.2, 0) is 12.7 Å². The van der Waals surface area contributed by atoms with Crippen molar-refractivity contribution in [3.05, 3.63) is 101 Å². The van der Waals surface area contributed by atoms with Crippen LogP contribution in [0, 0.1) is 0 Å². The summed E-state index contributed by atoms with van der Waals surface area (Å²) in [7, 11) is 0. The van der Waals surface area contributed by atoms with Gasteiger partial charge in [-0.1, -0.05) is 42.5 Å². The lowest BCUT2D eigenvalue weighted by atomic mass is 9.89. The van der Waals surface area contributed by atoms with Crippen LogP contribution in [0.5, 0.6) is 5.75 Å². The van der Waals surface area contributed by atoms with E-state index in [0.29, 0.717) is 32.5 Å². The standard InChI is InChI=1S/C29H24F6N2O2/c30-28(31,32)21-11-9-19(10-12-21)17-37-18-24(22-5-1-3-7-25(22)37)20-13-15-36(16-14-20)27(38)23-6-2-4-8-26(23)39-29(33,34)35/h1-12,18,20H,13-17H2. The number of carbonyl (C=O) groups excluding carboxylic acids is 1. The highest BCUT2D eigenvalue weighted by Crippen LogP contribution is 2.36. The second-order valence-electron chi connectivity index (χ2n) is 9.53. The Bertz CT molecular complexity index is 1470. The average Bonchev–Trinajstić information content (AvgIpc) is 3.26. The van der Waals surface area contributed by atoms with Crippen molar-refractivity contribution >= 4 is 16.8 Å². The van der Waals surface area contributed by atoms with Gasteiger partial charge in [0.15, 0.2) is 0 Å². The number of hydrogen-bond donors (Lipinski definition) is 0. The number of ether oxygens (including phenoxy) is 1. The Balaban J connectivity index is 1.32. The number of fused-ring (bicyclic) bond motifs is 1. The fourth-order valence-electron chi connectivity index (χ4n) is 5.15. The molecule has 1 fully saturated rings. The third-order valence-corrected chi connectivity index (χ3v) is 7.02. The van der Waals surface area contributed by atoms with Crippen LogP contribution in [0.1, 0.15) is 45.8 Å². The molecule has 1 aromatic heterocycles. The minimum atomic E-state index is -4.90. The molecule has 0 aliphatic carbocycles. The Morgan fingerprint density at radius 3 is 2.15 bits per heavy atom. The quantitative estimate of drug-likeness (QED) is 0.241. The molecule has 5 rings (SSSR count). The third-order valence-electron chi connectivity index (χ3n) is 7.02. The van der Waals surface area contributed by atoms with Crippen LogP contribution < -0.4 is 4.74 Å². The molecule has 0 saturated carbocycles. The van der Waals surface area contributed by atoms with E-state index in [2.05, 4.69) is 4.74 Å². The van der Waals surface area contributed by atoms with Gasteiger partial charge in [0.2, 0.25) is 0 Å². The molecule has 4 aromatic rings. The van der Waals surface area contributed by atoms with E-state index >= 15 is 0 Å². The molecule has 0 radical (unpaired) electrons. The lowest BCUT2D eigenvalue weighted by Gasteiger charge is -2.32. The molecule has 4 nitrogen and oxygen atoms in total. The molecule has 2 heterocycles. The molecule has 1 aliphatic heterocycles. The highest BCUT2D eigenvalue weighted by Gasteiger charge is 2.34. The fraction of sp³-hybridized carbons (Fsp3) is 0.276. The van der Waals surface area contributed by atoms with Crippen LogP contribution in [0.4, 0.5) is 26.3 Å². The number of alkyl halides is 6. The lowest BCUT2D eigenvalue weighted by Crippen LogP contribution is -2.38. The second kappa shape index (κ2) is 10.3. The Morgan fingerprint density at radius 2 is 1.49 bits per heavy atom. The van der Waals surface area contributed by atoms with Crippen LogP contribution >= 0.6 is 0 Å². The van der Waals surface area contributed by atoms with Crippen molar-refractivity contribution in [3.8, 4) is 5.75 Å². The molecule has 1 aliphatic rings. The minimum absolute atomic E-state index is 0.106. The number of halogens is 6. The maximum Gasteiger partial charge on any atom is 0.573 e. The number of para-hydroxylation sites is 2. The molecule has 1 saturated heterocycles. The normalized spacial score (nSPS) is 15.1. The van der Waals surface area contributed by atoms with Crippen molar-refractivity contribution in [2.45, 2.75) is 37.8 Å². The van der Waals surface area contributed by atoms with Gasteiger partial charge in [0.05, 0.1) is 11.1 Å². The summed E-state index contributed by atoms with van der Waals surface area (Å²) in [5, 5.41) is 1.03. The van der Waals surface area contributed by atoms with E-state index in [9.17, 15) is 31.1 Å². The molecule has 1 amide bonds. The summed E-state index contributed by atoms with van der Waals surface area (Å²) < 4.78 is 83.3. The molecule has 0 atom stereocenters. The zero-order valence-corrected chi connectivity index (χ0v) is 20.6. The molecular formula is C29H24F6N2O2. The number of nitrogens with zero attached hydrogens (tertiary/aromatic N) is 2. The number of piperidine rings is 1. The van der Waals surface area contributed by atoms with Crippen molar-refractivity contribution in [1.82, 2.24) is 9.47 Å². The summed E-state index contributed by atoms with van der Waals surface area (Å²) in [5.74, 6) is -0.934. The molecular weight excluding hydrogens is 522 g/mol. The molecule has 204 valence electrons. The summed E-state index contributed by atoms with van der Waals surface area (Å²) in [5.41, 5.74) is 1.92. The first-order valence-corrected chi connectivity index (χ1v) is 12.4. The minimum Gasteiger partial charge on any atom is -0.405 e. The smallest absolute Gasteiger partial charge is 0.405 e. The monoisotopic (exact) mass is 546 g/mol. The highest BCUT2D eigenvalue weighted by molar-refractivity contribution is 5.97. The first-order valence-electron chi connectivity index (χ1n) is 12.4. The largest absolute Gasteiger partial charge is 0.573 e. The van der Waals surface area contributed by atoms with Crippen molar-refractivity contribution in [2.75, 3.05) is 13.1 Å². The molecule has 0 spiro atoms. The maximum absolute atomic E-state index is 13.1. The van der Waals surface area contributed by atoms with Gasteiger partial charge in [0, 0.05) is 36.7 Å². The maximum atomic E-state index is 13.1. The van der Waals surface area contributed by atoms with Gasteiger partial charge in [-0.25, -0.2) is 0 Å². The molecule has 3 aromatic carbocycles. The Morgan fingerprint density at radius 1 is 0.846 bits per heavy atom. The van der Waals surface area contributed by atoms with Gasteiger partial charge in [0.1, 0.15) is 5.75 Å². The number of rotatable bonds is 5. The third kappa shape index (κ3) is 5.89. The predicted molar refractivity (Wildman–Crippen MR) is 133 cm³/mol. The summed E-state index contributed by atoms with van der Waals surface area (Å²) >= 11 is 0. The zero-order valence-electron chi connectivity index (χ0n) is 20.6. The van der Waals surface area contributed by atoms with Gasteiger partial charge in [-0.2, -0.15) is 13.2 Å². The van der Waals surface area contributed by atoms with Gasteiger partial charge in [-0.05, 0) is 60.2 Å². The number of aromatic nitrogens is 1. The topological polar surface area (TPSA) is 34.5 Å². The summed E-state index contributed by atoms with van der Waals surface area (Å²) in [6, 6.07) is 18.2. The number of benzene rings is 3. The SMILES string of the molecule is O=C(c1ccccc1OC(F)(F)F)N1CCC(c2cn(Cc3ccc(C(F)(F)F)cc3)c3ccccc23)CC1. The molecule has 39 heavy (non-hydrogen) atoms. The molecule has 10 heteroatoms. The Kier molecular flexibility index (Phi) is 7.05. The van der Waals surface area contributed by atoms with E-state index in [1.54, 1.807) is 0 Å². The van der Waals surface area contributed by atoms with Gasteiger partial charge in [0.25, 0.3) is 5.91 Å². The number of amides is 1. The van der Waals surface area contributed by atoms with Crippen LogP contribution in [-0.4, -0.2) is 34.8 Å². The van der Waals surface area contributed by atoms with E-state index in [-0.39, 0.29) is 11.5 Å². The Labute approximate surface area is 220 Å². The second-order valence-corrected chi connectivity index (χ2v) is 9.53. The highest BCUT2D eigenvalue weighted by atomic mass is 19.4. The van der Waals surface area contributed by atoms with Gasteiger partial charge in [-0.3, -0.25) is 4.79 Å². The van der Waals surface area contributed by atoms with Crippen molar-refractivity contribution in [1.29, 1.82) is 0 Å². The predicted octanol–water partition coefficient (Wildman–Crippen LogP) is 7.63. The van der Waals surface area contributed by atoms with Crippen LogP contribution in [0.3, 0.4) is 0 Å². The summed E-state index contributed by atoms with van der Waals surface area (Å²) in [4.78, 5) is 14.6. The first-order chi connectivity index (χ1) is 18.5. The first kappa shape index (κ1) is 26.6. The average molecular weight is 547 g/mol. The van der Waals surface area contributed by atoms with Crippen molar-refractivity contribution < 1.29 is 35.9 Å². The van der Waals surface area contributed by atoms with Gasteiger partial charge in [-0.15, -0.1) is 13.2 Å². The van der Waals surface area contributed by atoms with E-state index in [0.717, 1.165) is 40.2 Å². The fourth-order valence-corrected chi connectivity index (χ4v) is 5.15. The number of likely N-dealkylation sites (tertiary alicyclic amines) is 1. The number of hydrogen-bond acceptors (Lipinski definition) is 2.